The molecule has 176 valence electrons. The topological polar surface area (TPSA) is 89.1 Å². The molecule has 0 saturated carbocycles. The van der Waals surface area contributed by atoms with Crippen molar-refractivity contribution in [2.45, 2.75) is 6.04 Å². The molecule has 0 aliphatic carbocycles. The molecule has 0 radical (unpaired) electrons. The molecule has 34 heavy (non-hydrogen) atoms. The number of benzene rings is 2. The van der Waals surface area contributed by atoms with Crippen LogP contribution >= 0.6 is 0 Å². The minimum atomic E-state index is -0.693. The van der Waals surface area contributed by atoms with E-state index < -0.39 is 17.7 Å². The molecule has 3 aromatic rings. The number of ether oxygens (including phenoxy) is 1. The molecule has 2 N–H and O–H groups in total. The molecule has 1 amide bonds. The van der Waals surface area contributed by atoms with Gasteiger partial charge in [-0.25, -0.2) is 0 Å². The van der Waals surface area contributed by atoms with Crippen LogP contribution in [0, 0.1) is 0 Å². The largest absolute Gasteiger partial charge is 0.507 e. The van der Waals surface area contributed by atoms with Gasteiger partial charge in [0.25, 0.3) is 11.7 Å². The molecule has 1 aromatic heterocycles. The van der Waals surface area contributed by atoms with Crippen LogP contribution in [0.25, 0.3) is 16.7 Å². The monoisotopic (exact) mass is 460 g/mol. The number of hydrogen-bond donors (Lipinski definition) is 2. The lowest BCUT2D eigenvalue weighted by atomic mass is 9.94. The number of hydrogen-bond acceptors (Lipinski definition) is 6. The number of amides is 1. The molecule has 8 nitrogen and oxygen atoms in total. The van der Waals surface area contributed by atoms with Crippen molar-refractivity contribution in [3.05, 3.63) is 65.4 Å². The number of nitrogens with zero attached hydrogens (tertiary/aromatic N) is 3. The maximum Gasteiger partial charge on any atom is 0.295 e. The van der Waals surface area contributed by atoms with Crippen LogP contribution in [0.1, 0.15) is 17.2 Å². The highest BCUT2D eigenvalue weighted by Crippen LogP contribution is 2.43. The van der Waals surface area contributed by atoms with E-state index >= 15 is 0 Å². The first-order valence-corrected chi connectivity index (χ1v) is 11.3. The summed E-state index contributed by atoms with van der Waals surface area (Å²) in [6.07, 6.45) is 1.83. The zero-order valence-electron chi connectivity index (χ0n) is 19.5. The number of para-hydroxylation sites is 1. The first-order chi connectivity index (χ1) is 16.4. The molecule has 1 fully saturated rings. The summed E-state index contributed by atoms with van der Waals surface area (Å²) in [6.45, 7) is 2.26. The fourth-order valence-electron chi connectivity index (χ4n) is 4.72. The highest BCUT2D eigenvalue weighted by atomic mass is 16.5. The molecule has 2 aliphatic heterocycles. The number of likely N-dealkylation sites (tertiary alicyclic amines) is 1. The summed E-state index contributed by atoms with van der Waals surface area (Å²) in [7, 11) is 5.79. The molecule has 1 atom stereocenters. The summed E-state index contributed by atoms with van der Waals surface area (Å²) in [4.78, 5) is 35.3. The number of aromatic amines is 1. The highest BCUT2D eigenvalue weighted by molar-refractivity contribution is 6.46. The van der Waals surface area contributed by atoms with Crippen molar-refractivity contribution in [1.82, 2.24) is 14.8 Å². The Balaban J connectivity index is 1.67. The Morgan fingerprint density at radius 3 is 2.79 bits per heavy atom. The van der Waals surface area contributed by atoms with Crippen LogP contribution in [-0.2, 0) is 9.59 Å². The molecule has 0 spiro atoms. The van der Waals surface area contributed by atoms with E-state index in [0.717, 1.165) is 34.4 Å². The van der Waals surface area contributed by atoms with Crippen molar-refractivity contribution < 1.29 is 19.4 Å². The summed E-state index contributed by atoms with van der Waals surface area (Å²) in [5, 5.41) is 12.3. The van der Waals surface area contributed by atoms with E-state index in [2.05, 4.69) is 4.98 Å². The van der Waals surface area contributed by atoms with Crippen LogP contribution < -0.4 is 9.64 Å². The molecular formula is C26H28N4O4. The van der Waals surface area contributed by atoms with Gasteiger partial charge in [0, 0.05) is 48.4 Å². The Morgan fingerprint density at radius 1 is 1.21 bits per heavy atom. The maximum absolute atomic E-state index is 13.3. The fraction of sp³-hybridized carbons (Fsp3) is 0.308. The molecular weight excluding hydrogens is 432 g/mol. The zero-order chi connectivity index (χ0) is 24.0. The number of nitrogens with one attached hydrogen (secondary N) is 1. The van der Waals surface area contributed by atoms with Crippen LogP contribution in [0.5, 0.6) is 5.75 Å². The summed E-state index contributed by atoms with van der Waals surface area (Å²) in [6, 6.07) is 12.4. The molecule has 3 heterocycles. The Hall–Kier alpha value is -3.78. The summed E-state index contributed by atoms with van der Waals surface area (Å²) in [5.41, 5.74) is 3.11. The molecule has 8 heteroatoms. The van der Waals surface area contributed by atoms with E-state index in [1.54, 1.807) is 17.0 Å². The molecule has 0 bridgehead atoms. The Bertz CT molecular complexity index is 1310. The Morgan fingerprint density at radius 2 is 2.00 bits per heavy atom. The minimum absolute atomic E-state index is 0.104. The molecule has 1 unspecified atom stereocenters. The molecule has 1 saturated heterocycles. The van der Waals surface area contributed by atoms with Crippen molar-refractivity contribution in [3.63, 3.8) is 0 Å². The van der Waals surface area contributed by atoms with Gasteiger partial charge in [0.05, 0.1) is 23.8 Å². The van der Waals surface area contributed by atoms with E-state index in [9.17, 15) is 14.7 Å². The number of carbonyl (C=O) groups excluding carboxylic acids is 2. The van der Waals surface area contributed by atoms with Gasteiger partial charge < -0.3 is 29.5 Å². The number of H-pyrrole nitrogens is 1. The number of aliphatic hydroxyl groups excluding tert-OH is 1. The third-order valence-corrected chi connectivity index (χ3v) is 6.57. The summed E-state index contributed by atoms with van der Waals surface area (Å²) >= 11 is 0. The van der Waals surface area contributed by atoms with Gasteiger partial charge in [0.15, 0.2) is 0 Å². The number of aromatic nitrogens is 1. The molecule has 2 aliphatic rings. The van der Waals surface area contributed by atoms with Crippen LogP contribution in [-0.4, -0.2) is 79.0 Å². The zero-order valence-corrected chi connectivity index (χ0v) is 19.5. The van der Waals surface area contributed by atoms with Crippen LogP contribution in [0.3, 0.4) is 0 Å². The first kappa shape index (κ1) is 22.0. The van der Waals surface area contributed by atoms with Gasteiger partial charge in [-0.05, 0) is 38.4 Å². The number of likely N-dealkylation sites (N-methyl/N-ethyl adjacent to an activating group) is 2. The number of fused-ring (bicyclic) bond motifs is 2. The minimum Gasteiger partial charge on any atom is -0.507 e. The smallest absolute Gasteiger partial charge is 0.295 e. The number of anilines is 1. The molecule has 2 aromatic carbocycles. The lowest BCUT2D eigenvalue weighted by Gasteiger charge is -2.28. The van der Waals surface area contributed by atoms with E-state index in [0.29, 0.717) is 25.3 Å². The van der Waals surface area contributed by atoms with Gasteiger partial charge in [-0.1, -0.05) is 18.2 Å². The SMILES string of the molecule is CN(C)CCN1C(=O)C(=O)/C(=C(/O)c2ccc3c(c2)N(C)CCO3)C1c1c[nH]c2ccccc12. The first-order valence-electron chi connectivity index (χ1n) is 11.3. The number of aliphatic hydroxyl groups is 1. The number of rotatable bonds is 5. The number of carbonyl (C=O) groups is 2. The highest BCUT2D eigenvalue weighted by Gasteiger charge is 2.46. The average molecular weight is 461 g/mol. The lowest BCUT2D eigenvalue weighted by molar-refractivity contribution is -0.140. The second-order valence-electron chi connectivity index (χ2n) is 9.04. The van der Waals surface area contributed by atoms with Gasteiger partial charge in [-0.2, -0.15) is 0 Å². The van der Waals surface area contributed by atoms with E-state index in [-0.39, 0.29) is 11.3 Å². The van der Waals surface area contributed by atoms with E-state index in [1.807, 2.05) is 67.5 Å². The van der Waals surface area contributed by atoms with Crippen LogP contribution in [0.2, 0.25) is 0 Å². The number of ketones is 1. The molecule has 5 rings (SSSR count). The van der Waals surface area contributed by atoms with Crippen LogP contribution in [0.4, 0.5) is 5.69 Å². The third-order valence-electron chi connectivity index (χ3n) is 6.57. The second kappa shape index (κ2) is 8.53. The second-order valence-corrected chi connectivity index (χ2v) is 9.04. The van der Waals surface area contributed by atoms with Crippen molar-refractivity contribution in [1.29, 1.82) is 0 Å². The maximum atomic E-state index is 13.3. The van der Waals surface area contributed by atoms with Gasteiger partial charge in [0.2, 0.25) is 0 Å². The Kier molecular flexibility index (Phi) is 5.53. The normalized spacial score (nSPS) is 19.7. The summed E-state index contributed by atoms with van der Waals surface area (Å²) < 4.78 is 5.71. The Labute approximate surface area is 198 Å². The van der Waals surface area contributed by atoms with Crippen LogP contribution in [0.15, 0.2) is 54.2 Å². The van der Waals surface area contributed by atoms with Crippen molar-refractivity contribution in [2.75, 3.05) is 52.3 Å². The average Bonchev–Trinajstić information content (AvgIpc) is 3.36. The van der Waals surface area contributed by atoms with E-state index in [4.69, 9.17) is 4.74 Å². The van der Waals surface area contributed by atoms with Crippen molar-refractivity contribution in [2.24, 2.45) is 0 Å². The summed E-state index contributed by atoms with van der Waals surface area (Å²) in [5.74, 6) is -0.723. The predicted octanol–water partition coefficient (Wildman–Crippen LogP) is 2.98. The van der Waals surface area contributed by atoms with Gasteiger partial charge >= 0.3 is 0 Å². The van der Waals surface area contributed by atoms with Crippen molar-refractivity contribution >= 4 is 34.0 Å². The van der Waals surface area contributed by atoms with Gasteiger partial charge in [-0.15, -0.1) is 0 Å². The van der Waals surface area contributed by atoms with Gasteiger partial charge in [0.1, 0.15) is 18.1 Å². The lowest BCUT2D eigenvalue weighted by Crippen LogP contribution is -2.35. The quantitative estimate of drug-likeness (QED) is 0.346. The predicted molar refractivity (Wildman–Crippen MR) is 131 cm³/mol. The standard InChI is InChI=1S/C26H28N4O4/c1-28(2)10-11-30-23(18-15-27-19-7-5-4-6-17(18)19)22(25(32)26(30)33)24(31)16-8-9-21-20(14-16)29(3)12-13-34-21/h4-9,14-15,23,27,31H,10-13H2,1-3H3/b24-22+. The third kappa shape index (κ3) is 3.60. The fourth-order valence-corrected chi connectivity index (χ4v) is 4.72. The van der Waals surface area contributed by atoms with E-state index in [1.165, 1.54) is 0 Å². The van der Waals surface area contributed by atoms with Gasteiger partial charge in [-0.3, -0.25) is 9.59 Å². The number of Topliss-reactive ketones (excluding diaryl/α,β-unsaturated/α-hetero) is 1. The van der Waals surface area contributed by atoms with Crippen molar-refractivity contribution in [3.8, 4) is 5.75 Å².